The highest BCUT2D eigenvalue weighted by Crippen LogP contribution is 2.52. The third kappa shape index (κ3) is 3.99. The van der Waals surface area contributed by atoms with Crippen molar-refractivity contribution in [3.8, 4) is 0 Å². The molecule has 0 aliphatic heterocycles. The third-order valence-corrected chi connectivity index (χ3v) is 6.43. The number of hydrogen-bond acceptors (Lipinski definition) is 4. The summed E-state index contributed by atoms with van der Waals surface area (Å²) in [5.41, 5.74) is 0.736. The van der Waals surface area contributed by atoms with Crippen LogP contribution >= 0.6 is 0 Å². The summed E-state index contributed by atoms with van der Waals surface area (Å²) in [6, 6.07) is 0. The van der Waals surface area contributed by atoms with Crippen molar-refractivity contribution in [1.29, 1.82) is 0 Å². The summed E-state index contributed by atoms with van der Waals surface area (Å²) in [5.74, 6) is 0.315. The molecule has 2 rings (SSSR count). The Hall–Kier alpha value is -1.71. The molecule has 4 heteroatoms. The molecule has 0 spiro atoms. The Morgan fingerprint density at radius 2 is 2.04 bits per heavy atom. The molecular weight excluding hydrogens is 328 g/mol. The van der Waals surface area contributed by atoms with E-state index >= 15 is 0 Å². The normalized spacial score (nSPS) is 31.6. The van der Waals surface area contributed by atoms with E-state index < -0.39 is 5.97 Å². The zero-order chi connectivity index (χ0) is 19.5. The predicted molar refractivity (Wildman–Crippen MR) is 101 cm³/mol. The van der Waals surface area contributed by atoms with Gasteiger partial charge in [0.05, 0.1) is 12.2 Å². The number of ether oxygens (including phenoxy) is 1. The Bertz CT molecular complexity index is 643. The van der Waals surface area contributed by atoms with Crippen molar-refractivity contribution in [3.63, 3.8) is 0 Å². The zero-order valence-corrected chi connectivity index (χ0v) is 16.8. The van der Waals surface area contributed by atoms with Crippen LogP contribution in [0.25, 0.3) is 0 Å². The SMILES string of the molecule is CCOC(=O)C1=C[C@](C)(CC[C@@]2(C)C(C=O)=CC[C@@H]2C(C)C)CCC1=O. The predicted octanol–water partition coefficient (Wildman–Crippen LogP) is 4.43. The van der Waals surface area contributed by atoms with Gasteiger partial charge in [-0.25, -0.2) is 4.79 Å². The lowest BCUT2D eigenvalue weighted by Crippen LogP contribution is -2.33. The van der Waals surface area contributed by atoms with Crippen LogP contribution in [0, 0.1) is 22.7 Å². The van der Waals surface area contributed by atoms with Gasteiger partial charge < -0.3 is 4.74 Å². The average molecular weight is 360 g/mol. The van der Waals surface area contributed by atoms with Gasteiger partial charge in [-0.05, 0) is 60.8 Å². The van der Waals surface area contributed by atoms with Crippen molar-refractivity contribution in [1.82, 2.24) is 0 Å². The average Bonchev–Trinajstić information content (AvgIpc) is 2.93. The minimum absolute atomic E-state index is 0.124. The van der Waals surface area contributed by atoms with Gasteiger partial charge in [0.1, 0.15) is 6.29 Å². The molecule has 2 aliphatic rings. The van der Waals surface area contributed by atoms with Crippen molar-refractivity contribution in [2.75, 3.05) is 6.61 Å². The molecule has 0 aromatic carbocycles. The van der Waals surface area contributed by atoms with Crippen molar-refractivity contribution in [2.45, 2.75) is 66.7 Å². The number of ketones is 1. The van der Waals surface area contributed by atoms with Gasteiger partial charge in [0.2, 0.25) is 0 Å². The maximum absolute atomic E-state index is 12.1. The number of rotatable bonds is 7. The smallest absolute Gasteiger partial charge is 0.341 e. The summed E-state index contributed by atoms with van der Waals surface area (Å²) in [4.78, 5) is 35.8. The van der Waals surface area contributed by atoms with Gasteiger partial charge in [-0.2, -0.15) is 0 Å². The molecule has 0 aromatic heterocycles. The Balaban J connectivity index is 2.21. The topological polar surface area (TPSA) is 60.4 Å². The highest BCUT2D eigenvalue weighted by atomic mass is 16.5. The second-order valence-electron chi connectivity index (χ2n) is 8.64. The molecule has 0 fully saturated rings. The monoisotopic (exact) mass is 360 g/mol. The van der Waals surface area contributed by atoms with E-state index in [0.717, 1.165) is 37.5 Å². The second-order valence-corrected chi connectivity index (χ2v) is 8.64. The number of aldehydes is 1. The summed E-state index contributed by atoms with van der Waals surface area (Å²) in [5, 5.41) is 0. The molecule has 144 valence electrons. The van der Waals surface area contributed by atoms with Gasteiger partial charge in [-0.15, -0.1) is 0 Å². The van der Waals surface area contributed by atoms with E-state index in [1.807, 2.05) is 6.08 Å². The first kappa shape index (κ1) is 20.6. The van der Waals surface area contributed by atoms with E-state index in [1.165, 1.54) is 0 Å². The molecule has 0 saturated carbocycles. The maximum atomic E-state index is 12.1. The fraction of sp³-hybridized carbons (Fsp3) is 0.682. The Kier molecular flexibility index (Phi) is 6.25. The molecule has 0 aromatic rings. The molecule has 0 saturated heterocycles. The van der Waals surface area contributed by atoms with Crippen LogP contribution in [0.15, 0.2) is 23.3 Å². The van der Waals surface area contributed by atoms with E-state index in [-0.39, 0.29) is 28.8 Å². The first-order chi connectivity index (χ1) is 12.2. The Morgan fingerprint density at radius 3 is 2.62 bits per heavy atom. The fourth-order valence-electron chi connectivity index (χ4n) is 4.64. The van der Waals surface area contributed by atoms with E-state index in [4.69, 9.17) is 4.74 Å². The molecule has 2 aliphatic carbocycles. The van der Waals surface area contributed by atoms with Crippen LogP contribution in [0.3, 0.4) is 0 Å². The highest BCUT2D eigenvalue weighted by Gasteiger charge is 2.44. The number of carbonyl (C=O) groups excluding carboxylic acids is 3. The minimum Gasteiger partial charge on any atom is -0.462 e. The molecule has 4 nitrogen and oxygen atoms in total. The molecule has 0 heterocycles. The second kappa shape index (κ2) is 7.89. The fourth-order valence-corrected chi connectivity index (χ4v) is 4.64. The van der Waals surface area contributed by atoms with Crippen molar-refractivity contribution < 1.29 is 19.1 Å². The Labute approximate surface area is 157 Å². The summed E-state index contributed by atoms with van der Waals surface area (Å²) in [7, 11) is 0. The lowest BCUT2D eigenvalue weighted by atomic mass is 9.64. The quantitative estimate of drug-likeness (QED) is 0.383. The van der Waals surface area contributed by atoms with Crippen LogP contribution in [-0.4, -0.2) is 24.6 Å². The number of carbonyl (C=O) groups is 3. The van der Waals surface area contributed by atoms with Gasteiger partial charge in [0.25, 0.3) is 0 Å². The highest BCUT2D eigenvalue weighted by molar-refractivity contribution is 6.17. The number of Topliss-reactive ketones (excluding diaryl/α,β-unsaturated/α-hetero) is 1. The van der Waals surface area contributed by atoms with E-state index in [1.54, 1.807) is 6.92 Å². The van der Waals surface area contributed by atoms with Gasteiger partial charge in [0, 0.05) is 6.42 Å². The van der Waals surface area contributed by atoms with Crippen LogP contribution in [0.5, 0.6) is 0 Å². The van der Waals surface area contributed by atoms with Crippen LogP contribution in [-0.2, 0) is 19.1 Å². The number of allylic oxidation sites excluding steroid dienone is 3. The number of esters is 1. The lowest BCUT2D eigenvalue weighted by Gasteiger charge is -2.39. The molecule has 0 N–H and O–H groups in total. The summed E-state index contributed by atoms with van der Waals surface area (Å²) in [6.45, 7) is 10.7. The zero-order valence-electron chi connectivity index (χ0n) is 16.8. The van der Waals surface area contributed by atoms with Crippen LogP contribution in [0.1, 0.15) is 66.7 Å². The Morgan fingerprint density at radius 1 is 1.35 bits per heavy atom. The van der Waals surface area contributed by atoms with Gasteiger partial charge in [0.15, 0.2) is 5.78 Å². The van der Waals surface area contributed by atoms with Crippen LogP contribution in [0.2, 0.25) is 0 Å². The lowest BCUT2D eigenvalue weighted by molar-refractivity contribution is -0.140. The van der Waals surface area contributed by atoms with Crippen LogP contribution in [0.4, 0.5) is 0 Å². The summed E-state index contributed by atoms with van der Waals surface area (Å²) < 4.78 is 5.04. The van der Waals surface area contributed by atoms with Gasteiger partial charge >= 0.3 is 5.97 Å². The van der Waals surface area contributed by atoms with E-state index in [2.05, 4.69) is 33.8 Å². The third-order valence-electron chi connectivity index (χ3n) is 6.43. The maximum Gasteiger partial charge on any atom is 0.341 e. The molecule has 0 bridgehead atoms. The van der Waals surface area contributed by atoms with E-state index in [9.17, 15) is 14.4 Å². The standard InChI is InChI=1S/C22H32O4/c1-6-26-20(25)17-13-21(4,10-9-19(17)24)11-12-22(5)16(14-23)7-8-18(22)15(2)3/h7,13-15,18H,6,8-12H2,1-5H3/t18-,21+,22+/m1/s1. The van der Waals surface area contributed by atoms with Crippen LogP contribution < -0.4 is 0 Å². The van der Waals surface area contributed by atoms with Crippen molar-refractivity contribution in [3.05, 3.63) is 23.3 Å². The first-order valence-electron chi connectivity index (χ1n) is 9.76. The first-order valence-corrected chi connectivity index (χ1v) is 9.76. The largest absolute Gasteiger partial charge is 0.462 e. The van der Waals surface area contributed by atoms with Crippen molar-refractivity contribution >= 4 is 18.0 Å². The summed E-state index contributed by atoms with van der Waals surface area (Å²) >= 11 is 0. The van der Waals surface area contributed by atoms with Gasteiger partial charge in [-0.3, -0.25) is 9.59 Å². The van der Waals surface area contributed by atoms with Crippen molar-refractivity contribution in [2.24, 2.45) is 22.7 Å². The van der Waals surface area contributed by atoms with Gasteiger partial charge in [-0.1, -0.05) is 39.8 Å². The minimum atomic E-state index is -0.510. The summed E-state index contributed by atoms with van der Waals surface area (Å²) in [6.07, 6.45) is 8.69. The molecule has 26 heavy (non-hydrogen) atoms. The van der Waals surface area contributed by atoms with E-state index in [0.29, 0.717) is 18.3 Å². The number of hydrogen-bond donors (Lipinski definition) is 0. The molecule has 0 unspecified atom stereocenters. The molecule has 3 atom stereocenters. The molecule has 0 radical (unpaired) electrons. The molecular formula is C22H32O4. The molecule has 0 amide bonds.